The molecule has 2 aliphatic rings. The lowest BCUT2D eigenvalue weighted by Crippen LogP contribution is -2.33. The van der Waals surface area contributed by atoms with E-state index in [0.717, 1.165) is 36.5 Å². The Morgan fingerprint density at radius 1 is 1.15 bits per heavy atom. The van der Waals surface area contributed by atoms with Crippen LogP contribution >= 0.6 is 11.6 Å². The molecule has 0 amide bonds. The molecular formula is C30H27ClF2N4O4. The van der Waals surface area contributed by atoms with Crippen molar-refractivity contribution < 1.29 is 28.2 Å². The van der Waals surface area contributed by atoms with Gasteiger partial charge in [-0.1, -0.05) is 29.8 Å². The fourth-order valence-electron chi connectivity index (χ4n) is 5.07. The summed E-state index contributed by atoms with van der Waals surface area (Å²) in [5.41, 5.74) is 2.91. The molecule has 0 unspecified atom stereocenters. The lowest BCUT2D eigenvalue weighted by Gasteiger charge is -2.29. The molecule has 0 saturated carbocycles. The number of carboxylic acids is 1. The molecule has 0 radical (unpaired) electrons. The van der Waals surface area contributed by atoms with Crippen molar-refractivity contribution in [1.29, 1.82) is 0 Å². The van der Waals surface area contributed by atoms with E-state index in [0.29, 0.717) is 53.7 Å². The predicted octanol–water partition coefficient (Wildman–Crippen LogP) is 5.72. The number of hydrogen-bond donors (Lipinski definition) is 1. The summed E-state index contributed by atoms with van der Waals surface area (Å²) in [5, 5.41) is 9.75. The van der Waals surface area contributed by atoms with Gasteiger partial charge in [0.2, 0.25) is 5.88 Å². The number of ether oxygens (including phenoxy) is 2. The molecule has 1 atom stereocenters. The molecule has 0 bridgehead atoms. The van der Waals surface area contributed by atoms with Gasteiger partial charge in [-0.05, 0) is 42.7 Å². The van der Waals surface area contributed by atoms with E-state index in [1.165, 1.54) is 18.2 Å². The summed E-state index contributed by atoms with van der Waals surface area (Å²) in [7, 11) is 0. The van der Waals surface area contributed by atoms with Crippen molar-refractivity contribution in [2.45, 2.75) is 38.6 Å². The highest BCUT2D eigenvalue weighted by Gasteiger charge is 2.25. The number of carboxylic acid groups (broad SMARTS) is 1. The lowest BCUT2D eigenvalue weighted by molar-refractivity contribution is -0.0591. The third-order valence-electron chi connectivity index (χ3n) is 7.43. The van der Waals surface area contributed by atoms with Crippen molar-refractivity contribution in [3.05, 3.63) is 93.9 Å². The number of nitrogens with zero attached hydrogens (tertiary/aromatic N) is 4. The quantitative estimate of drug-likeness (QED) is 0.271. The molecule has 11 heteroatoms. The molecule has 0 aliphatic carbocycles. The molecule has 6 rings (SSSR count). The Hall–Kier alpha value is -3.86. The van der Waals surface area contributed by atoms with Gasteiger partial charge in [-0.2, -0.15) is 0 Å². The third kappa shape index (κ3) is 5.95. The second-order valence-electron chi connectivity index (χ2n) is 10.1. The van der Waals surface area contributed by atoms with Crippen LogP contribution in [0.1, 0.15) is 40.3 Å². The van der Waals surface area contributed by atoms with Gasteiger partial charge in [-0.3, -0.25) is 4.90 Å². The Kier molecular flexibility index (Phi) is 7.70. The highest BCUT2D eigenvalue weighted by Crippen LogP contribution is 2.27. The van der Waals surface area contributed by atoms with Crippen LogP contribution in [0.3, 0.4) is 0 Å². The van der Waals surface area contributed by atoms with Crippen molar-refractivity contribution >= 4 is 34.2 Å². The van der Waals surface area contributed by atoms with E-state index in [9.17, 15) is 18.7 Å². The Morgan fingerprint density at radius 2 is 2.00 bits per heavy atom. The Labute approximate surface area is 239 Å². The summed E-state index contributed by atoms with van der Waals surface area (Å²) >= 11 is 5.83. The van der Waals surface area contributed by atoms with Gasteiger partial charge in [0.1, 0.15) is 24.1 Å². The first kappa shape index (κ1) is 27.3. The summed E-state index contributed by atoms with van der Waals surface area (Å²) in [4.78, 5) is 23.1. The fraction of sp³-hybridized carbons (Fsp3) is 0.300. The monoisotopic (exact) mass is 580 g/mol. The van der Waals surface area contributed by atoms with E-state index >= 15 is 0 Å². The second kappa shape index (κ2) is 11.6. The number of hydrogen-bond acceptors (Lipinski definition) is 6. The van der Waals surface area contributed by atoms with Crippen LogP contribution in [0.25, 0.3) is 16.6 Å². The number of pyridine rings is 1. The molecule has 8 nitrogen and oxygen atoms in total. The summed E-state index contributed by atoms with van der Waals surface area (Å²) in [6.07, 6.45) is 3.78. The topological polar surface area (TPSA) is 89.7 Å². The van der Waals surface area contributed by atoms with Crippen molar-refractivity contribution in [3.63, 3.8) is 0 Å². The Bertz CT molecular complexity index is 1650. The summed E-state index contributed by atoms with van der Waals surface area (Å²) < 4.78 is 41.8. The van der Waals surface area contributed by atoms with Crippen molar-refractivity contribution in [2.24, 2.45) is 0 Å². The van der Waals surface area contributed by atoms with E-state index < -0.39 is 17.6 Å². The number of benzene rings is 2. The number of aromatic carboxylic acids is 1. The minimum Gasteiger partial charge on any atom is -0.478 e. The van der Waals surface area contributed by atoms with Gasteiger partial charge < -0.3 is 19.1 Å². The Morgan fingerprint density at radius 3 is 2.71 bits per heavy atom. The number of fused-ring (bicyclic) bond motifs is 1. The molecule has 212 valence electrons. The average molecular weight is 581 g/mol. The molecule has 4 aromatic rings. The summed E-state index contributed by atoms with van der Waals surface area (Å²) in [5.74, 6) is -1.40. The van der Waals surface area contributed by atoms with Gasteiger partial charge >= 0.3 is 5.97 Å². The smallest absolute Gasteiger partial charge is 0.338 e. The number of rotatable bonds is 9. The molecule has 2 aliphatic heterocycles. The maximum Gasteiger partial charge on any atom is 0.338 e. The van der Waals surface area contributed by atoms with Crippen LogP contribution in [-0.2, 0) is 24.4 Å². The highest BCUT2D eigenvalue weighted by molar-refractivity contribution is 6.30. The lowest BCUT2D eigenvalue weighted by atomic mass is 10.0. The third-order valence-corrected chi connectivity index (χ3v) is 7.66. The van der Waals surface area contributed by atoms with Gasteiger partial charge in [-0.25, -0.2) is 23.5 Å². The zero-order chi connectivity index (χ0) is 28.5. The average Bonchev–Trinajstić information content (AvgIpc) is 3.25. The van der Waals surface area contributed by atoms with Crippen LogP contribution in [0.2, 0.25) is 5.02 Å². The van der Waals surface area contributed by atoms with Crippen molar-refractivity contribution in [3.8, 4) is 5.88 Å². The van der Waals surface area contributed by atoms with Gasteiger partial charge in [0, 0.05) is 42.4 Å². The normalized spacial score (nSPS) is 17.3. The molecular weight excluding hydrogens is 554 g/mol. The molecule has 4 heterocycles. The first-order valence-corrected chi connectivity index (χ1v) is 13.7. The second-order valence-corrected chi connectivity index (χ2v) is 10.6. The number of imidazole rings is 1. The van der Waals surface area contributed by atoms with Crippen molar-refractivity contribution in [2.75, 3.05) is 19.7 Å². The molecule has 0 spiro atoms. The maximum absolute atomic E-state index is 14.4. The summed E-state index contributed by atoms with van der Waals surface area (Å²) in [6, 6.07) is 12.5. The first-order valence-electron chi connectivity index (χ1n) is 13.3. The zero-order valence-electron chi connectivity index (χ0n) is 22.0. The maximum atomic E-state index is 14.4. The molecule has 2 aromatic carbocycles. The van der Waals surface area contributed by atoms with Gasteiger partial charge in [0.05, 0.1) is 41.5 Å². The molecule has 1 saturated heterocycles. The zero-order valence-corrected chi connectivity index (χ0v) is 22.8. The SMILES string of the molecule is O=C(O)c1cc2c(cc1F)nc(CN1CC=C(c3cccc(OCc4ccc(Cl)cc4F)n3)CC1)n2C[C@@H]1CCO1. The minimum atomic E-state index is -1.31. The predicted molar refractivity (Wildman–Crippen MR) is 149 cm³/mol. The fourth-order valence-corrected chi connectivity index (χ4v) is 5.23. The van der Waals surface area contributed by atoms with Crippen LogP contribution in [0.5, 0.6) is 5.88 Å². The van der Waals surface area contributed by atoms with Crippen LogP contribution in [-0.4, -0.2) is 56.3 Å². The first-order chi connectivity index (χ1) is 19.8. The Balaban J connectivity index is 1.16. The van der Waals surface area contributed by atoms with E-state index in [4.69, 9.17) is 21.1 Å². The van der Waals surface area contributed by atoms with Crippen LogP contribution < -0.4 is 4.74 Å². The number of halogens is 3. The van der Waals surface area contributed by atoms with Gasteiger partial charge in [0.15, 0.2) is 0 Å². The molecule has 41 heavy (non-hydrogen) atoms. The number of carbonyl (C=O) groups is 1. The van der Waals surface area contributed by atoms with Crippen LogP contribution in [0, 0.1) is 11.6 Å². The van der Waals surface area contributed by atoms with E-state index in [2.05, 4.69) is 20.9 Å². The van der Waals surface area contributed by atoms with Crippen LogP contribution in [0.4, 0.5) is 8.78 Å². The molecule has 1 fully saturated rings. The van der Waals surface area contributed by atoms with Gasteiger partial charge in [-0.15, -0.1) is 0 Å². The summed E-state index contributed by atoms with van der Waals surface area (Å²) in [6.45, 7) is 3.17. The van der Waals surface area contributed by atoms with Crippen molar-refractivity contribution in [1.82, 2.24) is 19.4 Å². The van der Waals surface area contributed by atoms with Crippen LogP contribution in [0.15, 0.2) is 54.6 Å². The van der Waals surface area contributed by atoms with E-state index in [1.807, 2.05) is 16.7 Å². The molecule has 1 N–H and O–H groups in total. The largest absolute Gasteiger partial charge is 0.478 e. The highest BCUT2D eigenvalue weighted by atomic mass is 35.5. The van der Waals surface area contributed by atoms with Gasteiger partial charge in [0.25, 0.3) is 0 Å². The molecule has 2 aromatic heterocycles. The number of aromatic nitrogens is 3. The van der Waals surface area contributed by atoms with E-state index in [-0.39, 0.29) is 18.3 Å². The minimum absolute atomic E-state index is 0.0223. The van der Waals surface area contributed by atoms with E-state index in [1.54, 1.807) is 18.2 Å². The standard InChI is InChI=1S/C30H27ClF2N4O4/c31-20-5-4-19(23(32)12-20)17-41-29-3-1-2-25(35-29)18-6-9-36(10-7-18)16-28-34-26-14-24(33)22(30(38)39)13-27(26)37(28)15-21-8-11-40-21/h1-6,12-14,21H,7-11,15-17H2,(H,38,39)/t21-/m0/s1.